The van der Waals surface area contributed by atoms with E-state index in [-0.39, 0.29) is 24.5 Å². The average Bonchev–Trinajstić information content (AvgIpc) is 3.30. The number of halogens is 1. The van der Waals surface area contributed by atoms with Crippen molar-refractivity contribution in [1.29, 1.82) is 0 Å². The summed E-state index contributed by atoms with van der Waals surface area (Å²) in [4.78, 5) is 28.3. The van der Waals surface area contributed by atoms with E-state index in [1.54, 1.807) is 4.90 Å². The van der Waals surface area contributed by atoms with Crippen LogP contribution in [0.5, 0.6) is 5.75 Å². The molecule has 0 saturated heterocycles. The van der Waals surface area contributed by atoms with Gasteiger partial charge in [0, 0.05) is 12.6 Å². The van der Waals surface area contributed by atoms with Gasteiger partial charge in [0.05, 0.1) is 4.47 Å². The second-order valence-corrected chi connectivity index (χ2v) is 10.4. The minimum atomic E-state index is -0.538. The van der Waals surface area contributed by atoms with Gasteiger partial charge in [-0.05, 0) is 71.3 Å². The lowest BCUT2D eigenvalue weighted by molar-refractivity contribution is -0.143. The minimum Gasteiger partial charge on any atom is -0.483 e. The van der Waals surface area contributed by atoms with Crippen LogP contribution in [0.4, 0.5) is 0 Å². The van der Waals surface area contributed by atoms with Crippen LogP contribution in [-0.2, 0) is 16.1 Å². The fourth-order valence-corrected chi connectivity index (χ4v) is 5.02. The predicted octanol–water partition coefficient (Wildman–Crippen LogP) is 6.13. The number of hydrogen-bond acceptors (Lipinski definition) is 3. The highest BCUT2D eigenvalue weighted by Crippen LogP contribution is 2.29. The van der Waals surface area contributed by atoms with Crippen LogP contribution < -0.4 is 10.1 Å². The number of hydrogen-bond donors (Lipinski definition) is 1. The van der Waals surface area contributed by atoms with Crippen LogP contribution in [0.1, 0.15) is 75.5 Å². The monoisotopic (exact) mass is 528 g/mol. The average molecular weight is 530 g/mol. The molecule has 0 spiro atoms. The molecule has 0 heterocycles. The lowest BCUT2D eigenvalue weighted by Gasteiger charge is -2.31. The van der Waals surface area contributed by atoms with Gasteiger partial charge >= 0.3 is 0 Å². The Balaban J connectivity index is 1.77. The first-order chi connectivity index (χ1) is 16.3. The highest BCUT2D eigenvalue weighted by atomic mass is 79.9. The fraction of sp³-hybridized carbons (Fsp3) is 0.500. The molecule has 3 rings (SSSR count). The summed E-state index contributed by atoms with van der Waals surface area (Å²) in [7, 11) is 0. The van der Waals surface area contributed by atoms with Crippen LogP contribution in [0.25, 0.3) is 0 Å². The number of ether oxygens (including phenoxy) is 1. The van der Waals surface area contributed by atoms with Crippen LogP contribution in [0, 0.1) is 6.92 Å². The van der Waals surface area contributed by atoms with E-state index in [4.69, 9.17) is 4.74 Å². The predicted molar refractivity (Wildman–Crippen MR) is 140 cm³/mol. The molecule has 2 aromatic carbocycles. The first-order valence-electron chi connectivity index (χ1n) is 12.4. The van der Waals surface area contributed by atoms with Crippen molar-refractivity contribution in [2.75, 3.05) is 6.61 Å². The Morgan fingerprint density at radius 3 is 2.50 bits per heavy atom. The summed E-state index contributed by atoms with van der Waals surface area (Å²) in [5.74, 6) is 0.754. The van der Waals surface area contributed by atoms with Crippen LogP contribution in [0.2, 0.25) is 0 Å². The third-order valence-corrected chi connectivity index (χ3v) is 7.12. The number of rotatable bonds is 10. The molecule has 1 atom stereocenters. The summed E-state index contributed by atoms with van der Waals surface area (Å²) in [5.41, 5.74) is 3.32. The Morgan fingerprint density at radius 2 is 1.88 bits per heavy atom. The van der Waals surface area contributed by atoms with Crippen molar-refractivity contribution in [3.05, 3.63) is 63.6 Å². The van der Waals surface area contributed by atoms with Gasteiger partial charge in [0.15, 0.2) is 6.61 Å². The number of benzene rings is 2. The smallest absolute Gasteiger partial charge is 0.261 e. The summed E-state index contributed by atoms with van der Waals surface area (Å²) in [6.07, 6.45) is 4.86. The van der Waals surface area contributed by atoms with Gasteiger partial charge in [-0.3, -0.25) is 9.59 Å². The molecule has 1 N–H and O–H groups in total. The highest BCUT2D eigenvalue weighted by Gasteiger charge is 2.31. The van der Waals surface area contributed by atoms with E-state index in [9.17, 15) is 9.59 Å². The number of amides is 2. The highest BCUT2D eigenvalue weighted by molar-refractivity contribution is 9.10. The van der Waals surface area contributed by atoms with Gasteiger partial charge in [0.1, 0.15) is 11.8 Å². The molecule has 0 aliphatic heterocycles. The summed E-state index contributed by atoms with van der Waals surface area (Å²) in [6, 6.07) is 13.7. The first kappa shape index (κ1) is 26.3. The van der Waals surface area contributed by atoms with Crippen LogP contribution in [-0.4, -0.2) is 35.4 Å². The van der Waals surface area contributed by atoms with E-state index in [1.165, 1.54) is 5.56 Å². The Morgan fingerprint density at radius 1 is 1.15 bits per heavy atom. The Hall–Kier alpha value is -2.34. The standard InChI is InChI=1S/C28H37BrN2O3/c1-5-25(28(33)30-23-11-6-7-12-23)31(17-21-10-8-9-20(4)15-21)27(32)18-34-26-14-13-22(19(2)3)16-24(26)29/h8-10,13-16,19,23,25H,5-7,11-12,17-18H2,1-4H3,(H,30,33)/t25-/m1/s1. The Kier molecular flexibility index (Phi) is 9.57. The Bertz CT molecular complexity index is 985. The molecule has 5 nitrogen and oxygen atoms in total. The van der Waals surface area contributed by atoms with Crippen molar-refractivity contribution in [2.45, 2.75) is 84.3 Å². The van der Waals surface area contributed by atoms with E-state index >= 15 is 0 Å². The van der Waals surface area contributed by atoms with Crippen LogP contribution >= 0.6 is 15.9 Å². The number of aryl methyl sites for hydroxylation is 1. The van der Waals surface area contributed by atoms with Gasteiger partial charge in [-0.1, -0.05) is 69.5 Å². The lowest BCUT2D eigenvalue weighted by atomic mass is 10.0. The lowest BCUT2D eigenvalue weighted by Crippen LogP contribution is -2.52. The third-order valence-electron chi connectivity index (χ3n) is 6.50. The molecule has 0 radical (unpaired) electrons. The summed E-state index contributed by atoms with van der Waals surface area (Å²) in [6.45, 7) is 8.50. The second-order valence-electron chi connectivity index (χ2n) is 9.56. The number of nitrogens with zero attached hydrogens (tertiary/aromatic N) is 1. The van der Waals surface area contributed by atoms with Gasteiger partial charge in [0.25, 0.3) is 5.91 Å². The van der Waals surface area contributed by atoms with Crippen LogP contribution in [0.15, 0.2) is 46.9 Å². The summed E-state index contributed by atoms with van der Waals surface area (Å²) < 4.78 is 6.74. The molecule has 0 bridgehead atoms. The van der Waals surface area contributed by atoms with Gasteiger partial charge in [-0.2, -0.15) is 0 Å². The molecular formula is C28H37BrN2O3. The molecule has 0 aromatic heterocycles. The van der Waals surface area contributed by atoms with Crippen molar-refractivity contribution in [1.82, 2.24) is 10.2 Å². The SMILES string of the molecule is CC[C@H](C(=O)NC1CCCC1)N(Cc1cccc(C)c1)C(=O)COc1ccc(C(C)C)cc1Br. The molecule has 1 aliphatic rings. The van der Waals surface area contributed by atoms with Crippen LogP contribution in [0.3, 0.4) is 0 Å². The van der Waals surface area contributed by atoms with Gasteiger partial charge in [-0.25, -0.2) is 0 Å². The zero-order valence-electron chi connectivity index (χ0n) is 20.8. The van der Waals surface area contributed by atoms with E-state index in [0.717, 1.165) is 41.3 Å². The van der Waals surface area contributed by atoms with Gasteiger partial charge < -0.3 is 15.0 Å². The number of carbonyl (C=O) groups is 2. The molecule has 2 amide bonds. The molecule has 184 valence electrons. The number of carbonyl (C=O) groups excluding carboxylic acids is 2. The van der Waals surface area contributed by atoms with Crippen molar-refractivity contribution in [3.63, 3.8) is 0 Å². The molecule has 0 unspecified atom stereocenters. The van der Waals surface area contributed by atoms with Crippen molar-refractivity contribution in [2.24, 2.45) is 0 Å². The van der Waals surface area contributed by atoms with Crippen molar-refractivity contribution < 1.29 is 14.3 Å². The zero-order chi connectivity index (χ0) is 24.7. The second kappa shape index (κ2) is 12.4. The fourth-order valence-electron chi connectivity index (χ4n) is 4.51. The third kappa shape index (κ3) is 7.08. The summed E-state index contributed by atoms with van der Waals surface area (Å²) in [5, 5.41) is 3.18. The summed E-state index contributed by atoms with van der Waals surface area (Å²) >= 11 is 3.57. The van der Waals surface area contributed by atoms with E-state index in [1.807, 2.05) is 50.2 Å². The molecule has 1 aliphatic carbocycles. The maximum atomic E-state index is 13.4. The van der Waals surface area contributed by atoms with Gasteiger partial charge in [-0.15, -0.1) is 0 Å². The molecule has 34 heavy (non-hydrogen) atoms. The molecule has 1 saturated carbocycles. The maximum absolute atomic E-state index is 13.4. The Labute approximate surface area is 212 Å². The van der Waals surface area contributed by atoms with E-state index in [0.29, 0.717) is 24.6 Å². The molecule has 6 heteroatoms. The van der Waals surface area contributed by atoms with Crippen molar-refractivity contribution in [3.8, 4) is 5.75 Å². The number of nitrogens with one attached hydrogen (secondary N) is 1. The first-order valence-corrected chi connectivity index (χ1v) is 13.2. The zero-order valence-corrected chi connectivity index (χ0v) is 22.4. The topological polar surface area (TPSA) is 58.6 Å². The minimum absolute atomic E-state index is 0.0714. The van der Waals surface area contributed by atoms with Crippen molar-refractivity contribution >= 4 is 27.7 Å². The molecular weight excluding hydrogens is 492 g/mol. The normalized spacial score (nSPS) is 14.8. The van der Waals surface area contributed by atoms with Gasteiger partial charge in [0.2, 0.25) is 5.91 Å². The maximum Gasteiger partial charge on any atom is 0.261 e. The van der Waals surface area contributed by atoms with E-state index < -0.39 is 6.04 Å². The van der Waals surface area contributed by atoms with E-state index in [2.05, 4.69) is 41.2 Å². The largest absolute Gasteiger partial charge is 0.483 e. The molecule has 2 aromatic rings. The quantitative estimate of drug-likeness (QED) is 0.403. The molecule has 1 fully saturated rings.